The van der Waals surface area contributed by atoms with E-state index in [1.807, 2.05) is 26.0 Å². The van der Waals surface area contributed by atoms with E-state index in [1.165, 1.54) is 12.8 Å². The first-order chi connectivity index (χ1) is 9.92. The number of hydrogen-bond acceptors (Lipinski definition) is 3. The summed E-state index contributed by atoms with van der Waals surface area (Å²) in [4.78, 5) is 13.5. The van der Waals surface area contributed by atoms with E-state index in [9.17, 15) is 4.79 Å². The lowest BCUT2D eigenvalue weighted by Crippen LogP contribution is -2.23. The molecule has 0 radical (unpaired) electrons. The van der Waals surface area contributed by atoms with Crippen LogP contribution >= 0.6 is 0 Å². The summed E-state index contributed by atoms with van der Waals surface area (Å²) in [5.41, 5.74) is 1.83. The van der Waals surface area contributed by atoms with Crippen molar-refractivity contribution < 1.29 is 14.6 Å². The Kier molecular flexibility index (Phi) is 4.88. The first-order valence-corrected chi connectivity index (χ1v) is 7.54. The van der Waals surface area contributed by atoms with Gasteiger partial charge in [0.2, 0.25) is 0 Å². The monoisotopic (exact) mass is 291 g/mol. The fourth-order valence-electron chi connectivity index (χ4n) is 2.98. The Balaban J connectivity index is 2.25. The fraction of sp³-hybridized carbons (Fsp3) is 0.588. The molecular formula is C17H25NO3. The van der Waals surface area contributed by atoms with Gasteiger partial charge in [-0.25, -0.2) is 0 Å². The minimum Gasteiger partial charge on any atom is -0.496 e. The van der Waals surface area contributed by atoms with Gasteiger partial charge in [-0.3, -0.25) is 9.69 Å². The second kappa shape index (κ2) is 6.48. The molecule has 2 rings (SSSR count). The van der Waals surface area contributed by atoms with Gasteiger partial charge in [0.05, 0.1) is 13.5 Å². The number of hydrogen-bond donors (Lipinski definition) is 1. The van der Waals surface area contributed by atoms with Crippen LogP contribution in [0.4, 0.5) is 0 Å². The largest absolute Gasteiger partial charge is 0.496 e. The van der Waals surface area contributed by atoms with E-state index in [-0.39, 0.29) is 11.8 Å². The van der Waals surface area contributed by atoms with Crippen LogP contribution in [0.5, 0.6) is 5.75 Å². The van der Waals surface area contributed by atoms with Crippen LogP contribution in [0.25, 0.3) is 0 Å². The molecule has 1 aliphatic heterocycles. The molecule has 1 fully saturated rings. The maximum absolute atomic E-state index is 11.0. The number of nitrogens with zero attached hydrogens (tertiary/aromatic N) is 1. The van der Waals surface area contributed by atoms with E-state index in [1.54, 1.807) is 7.11 Å². The molecule has 0 aliphatic carbocycles. The van der Waals surface area contributed by atoms with Gasteiger partial charge in [0.25, 0.3) is 0 Å². The molecule has 1 heterocycles. The minimum atomic E-state index is -0.767. The highest BCUT2D eigenvalue weighted by Crippen LogP contribution is 2.32. The lowest BCUT2D eigenvalue weighted by atomic mass is 9.81. The average molecular weight is 291 g/mol. The molecule has 4 nitrogen and oxygen atoms in total. The minimum absolute atomic E-state index is 0.127. The predicted octanol–water partition coefficient (Wildman–Crippen LogP) is 3.04. The van der Waals surface area contributed by atoms with Crippen LogP contribution in [0, 0.1) is 0 Å². The third kappa shape index (κ3) is 3.97. The zero-order valence-electron chi connectivity index (χ0n) is 13.2. The number of benzene rings is 1. The number of methoxy groups -OCH3 is 1. The standard InChI is InChI=1S/C17H25NO3/c1-17(2,11-16(19)20)14-6-7-15(21-3)13(10-14)12-18-8-4-5-9-18/h6-7,10H,4-5,8-9,11-12H2,1-3H3,(H,19,20). The number of aliphatic carboxylic acids is 1. The third-order valence-corrected chi connectivity index (χ3v) is 4.25. The SMILES string of the molecule is COc1ccc(C(C)(C)CC(=O)O)cc1CN1CCCC1. The number of carboxylic acid groups (broad SMARTS) is 1. The zero-order chi connectivity index (χ0) is 15.5. The van der Waals surface area contributed by atoms with Crippen molar-refractivity contribution in [3.8, 4) is 5.75 Å². The van der Waals surface area contributed by atoms with Crippen LogP contribution in [0.1, 0.15) is 44.2 Å². The van der Waals surface area contributed by atoms with Gasteiger partial charge in [0.15, 0.2) is 0 Å². The number of carboxylic acids is 1. The molecule has 21 heavy (non-hydrogen) atoms. The van der Waals surface area contributed by atoms with Crippen molar-refractivity contribution in [2.75, 3.05) is 20.2 Å². The highest BCUT2D eigenvalue weighted by atomic mass is 16.5. The first kappa shape index (κ1) is 15.8. The average Bonchev–Trinajstić information content (AvgIpc) is 2.90. The van der Waals surface area contributed by atoms with Crippen LogP contribution in [-0.4, -0.2) is 36.2 Å². The topological polar surface area (TPSA) is 49.8 Å². The van der Waals surface area contributed by atoms with E-state index in [2.05, 4.69) is 11.0 Å². The number of ether oxygens (including phenoxy) is 1. The Labute approximate surface area is 126 Å². The summed E-state index contributed by atoms with van der Waals surface area (Å²) >= 11 is 0. The van der Waals surface area contributed by atoms with Crippen LogP contribution < -0.4 is 4.74 Å². The van der Waals surface area contributed by atoms with Gasteiger partial charge < -0.3 is 9.84 Å². The van der Waals surface area contributed by atoms with Crippen LogP contribution in [0.3, 0.4) is 0 Å². The van der Waals surface area contributed by atoms with Crippen LogP contribution in [-0.2, 0) is 16.8 Å². The Morgan fingerprint density at radius 2 is 2.00 bits per heavy atom. The molecule has 1 saturated heterocycles. The second-order valence-electron chi connectivity index (χ2n) is 6.46. The van der Waals surface area contributed by atoms with Crippen LogP contribution in [0.2, 0.25) is 0 Å². The molecule has 0 saturated carbocycles. The molecule has 0 amide bonds. The molecule has 4 heteroatoms. The highest BCUT2D eigenvalue weighted by molar-refractivity contribution is 5.69. The maximum atomic E-state index is 11.0. The smallest absolute Gasteiger partial charge is 0.304 e. The van der Waals surface area contributed by atoms with Crippen molar-refractivity contribution in [1.82, 2.24) is 4.90 Å². The van der Waals surface area contributed by atoms with Gasteiger partial charge >= 0.3 is 5.97 Å². The van der Waals surface area contributed by atoms with E-state index in [0.29, 0.717) is 0 Å². The van der Waals surface area contributed by atoms with Crippen LogP contribution in [0.15, 0.2) is 18.2 Å². The first-order valence-electron chi connectivity index (χ1n) is 7.54. The summed E-state index contributed by atoms with van der Waals surface area (Å²) < 4.78 is 5.46. The Morgan fingerprint density at radius 1 is 1.33 bits per heavy atom. The van der Waals surface area contributed by atoms with Gasteiger partial charge in [0.1, 0.15) is 5.75 Å². The summed E-state index contributed by atoms with van der Waals surface area (Å²) in [6.07, 6.45) is 2.64. The van der Waals surface area contributed by atoms with Crippen molar-refractivity contribution in [2.24, 2.45) is 0 Å². The van der Waals surface area contributed by atoms with Gasteiger partial charge in [-0.15, -0.1) is 0 Å². The van der Waals surface area contributed by atoms with Gasteiger partial charge in [-0.05, 0) is 37.6 Å². The predicted molar refractivity (Wildman–Crippen MR) is 82.8 cm³/mol. The molecule has 1 N–H and O–H groups in total. The maximum Gasteiger partial charge on any atom is 0.304 e. The molecule has 1 aromatic rings. The molecule has 0 atom stereocenters. The highest BCUT2D eigenvalue weighted by Gasteiger charge is 2.25. The zero-order valence-corrected chi connectivity index (χ0v) is 13.2. The Hall–Kier alpha value is -1.55. The lowest BCUT2D eigenvalue weighted by molar-refractivity contribution is -0.138. The number of likely N-dealkylation sites (tertiary alicyclic amines) is 1. The third-order valence-electron chi connectivity index (χ3n) is 4.25. The lowest BCUT2D eigenvalue weighted by Gasteiger charge is -2.25. The molecule has 0 spiro atoms. The van der Waals surface area contributed by atoms with Gasteiger partial charge in [0, 0.05) is 17.5 Å². The Bertz CT molecular complexity index is 505. The summed E-state index contributed by atoms with van der Waals surface area (Å²) in [6.45, 7) is 7.09. The molecular weight excluding hydrogens is 266 g/mol. The molecule has 0 bridgehead atoms. The van der Waals surface area contributed by atoms with E-state index in [0.717, 1.165) is 36.5 Å². The summed E-state index contributed by atoms with van der Waals surface area (Å²) in [6, 6.07) is 6.06. The molecule has 0 unspecified atom stereocenters. The van der Waals surface area contributed by atoms with Crippen molar-refractivity contribution in [3.63, 3.8) is 0 Å². The molecule has 1 aliphatic rings. The van der Waals surface area contributed by atoms with Crippen molar-refractivity contribution >= 4 is 5.97 Å². The Morgan fingerprint density at radius 3 is 2.57 bits per heavy atom. The molecule has 116 valence electrons. The van der Waals surface area contributed by atoms with Gasteiger partial charge in [-0.2, -0.15) is 0 Å². The summed E-state index contributed by atoms with van der Waals surface area (Å²) in [5, 5.41) is 9.08. The van der Waals surface area contributed by atoms with Crippen molar-refractivity contribution in [3.05, 3.63) is 29.3 Å². The summed E-state index contributed by atoms with van der Waals surface area (Å²) in [7, 11) is 1.69. The van der Waals surface area contributed by atoms with E-state index < -0.39 is 5.97 Å². The van der Waals surface area contributed by atoms with Crippen molar-refractivity contribution in [2.45, 2.75) is 45.1 Å². The number of carbonyl (C=O) groups is 1. The quantitative estimate of drug-likeness (QED) is 0.875. The second-order valence-corrected chi connectivity index (χ2v) is 6.46. The van der Waals surface area contributed by atoms with E-state index >= 15 is 0 Å². The normalized spacial score (nSPS) is 16.1. The summed E-state index contributed by atoms with van der Waals surface area (Å²) in [5.74, 6) is 0.119. The fourth-order valence-corrected chi connectivity index (χ4v) is 2.98. The molecule has 1 aromatic carbocycles. The van der Waals surface area contributed by atoms with E-state index in [4.69, 9.17) is 9.84 Å². The number of rotatable bonds is 6. The van der Waals surface area contributed by atoms with Crippen molar-refractivity contribution in [1.29, 1.82) is 0 Å². The van der Waals surface area contributed by atoms with Gasteiger partial charge in [-0.1, -0.05) is 26.0 Å². The molecule has 0 aromatic heterocycles.